The van der Waals surface area contributed by atoms with E-state index in [0.29, 0.717) is 13.0 Å². The van der Waals surface area contributed by atoms with E-state index in [0.717, 1.165) is 5.56 Å². The number of benzene rings is 3. The van der Waals surface area contributed by atoms with Crippen molar-refractivity contribution in [3.05, 3.63) is 96.6 Å². The van der Waals surface area contributed by atoms with Gasteiger partial charge in [0.05, 0.1) is 12.7 Å². The highest BCUT2D eigenvalue weighted by atomic mass is 28.4. The van der Waals surface area contributed by atoms with Crippen molar-refractivity contribution in [2.75, 3.05) is 6.61 Å². The molecule has 3 rings (SSSR count). The van der Waals surface area contributed by atoms with Crippen LogP contribution in [0.15, 0.2) is 91.0 Å². The summed E-state index contributed by atoms with van der Waals surface area (Å²) < 4.78 is 6.79. The minimum atomic E-state index is -2.59. The minimum Gasteiger partial charge on any atom is -0.405 e. The van der Waals surface area contributed by atoms with Gasteiger partial charge in [-0.1, -0.05) is 112 Å². The van der Waals surface area contributed by atoms with Crippen LogP contribution in [-0.2, 0) is 10.8 Å². The zero-order valence-corrected chi connectivity index (χ0v) is 18.0. The maximum absolute atomic E-state index is 10.7. The summed E-state index contributed by atoms with van der Waals surface area (Å²) in [5.74, 6) is 0. The van der Waals surface area contributed by atoms with E-state index in [1.54, 1.807) is 0 Å². The van der Waals surface area contributed by atoms with Crippen molar-refractivity contribution in [2.24, 2.45) is 0 Å². The molecule has 0 spiro atoms. The molecule has 0 aliphatic rings. The molecule has 0 unspecified atom stereocenters. The van der Waals surface area contributed by atoms with Crippen molar-refractivity contribution in [3.63, 3.8) is 0 Å². The molecule has 0 fully saturated rings. The van der Waals surface area contributed by atoms with E-state index in [4.69, 9.17) is 4.43 Å². The van der Waals surface area contributed by atoms with Gasteiger partial charge in [0.25, 0.3) is 8.32 Å². The molecule has 28 heavy (non-hydrogen) atoms. The molecule has 0 aliphatic carbocycles. The summed E-state index contributed by atoms with van der Waals surface area (Å²) in [6, 6.07) is 31.2. The molecule has 0 radical (unpaired) electrons. The van der Waals surface area contributed by atoms with Crippen LogP contribution in [0.3, 0.4) is 0 Å². The first-order chi connectivity index (χ1) is 13.4. The van der Waals surface area contributed by atoms with Crippen LogP contribution in [0, 0.1) is 0 Å². The van der Waals surface area contributed by atoms with Gasteiger partial charge in [-0.05, 0) is 21.0 Å². The van der Waals surface area contributed by atoms with Crippen molar-refractivity contribution < 1.29 is 9.53 Å². The Labute approximate surface area is 170 Å². The molecule has 1 N–H and O–H groups in total. The lowest BCUT2D eigenvalue weighted by Crippen LogP contribution is -2.67. The summed E-state index contributed by atoms with van der Waals surface area (Å²) >= 11 is 0. The Morgan fingerprint density at radius 2 is 1.18 bits per heavy atom. The Kier molecular flexibility index (Phi) is 6.50. The molecule has 146 valence electrons. The second-order valence-electron chi connectivity index (χ2n) is 8.32. The third kappa shape index (κ3) is 4.44. The molecule has 0 aromatic heterocycles. The molecule has 0 saturated heterocycles. The predicted octanol–water partition coefficient (Wildman–Crippen LogP) is 4.17. The van der Waals surface area contributed by atoms with Crippen molar-refractivity contribution in [1.82, 2.24) is 0 Å². The Balaban J connectivity index is 1.94. The van der Waals surface area contributed by atoms with Gasteiger partial charge < -0.3 is 9.53 Å². The second kappa shape index (κ2) is 8.87. The van der Waals surface area contributed by atoms with E-state index in [1.807, 2.05) is 42.5 Å². The summed E-state index contributed by atoms with van der Waals surface area (Å²) in [6.07, 6.45) is 0.0584. The van der Waals surface area contributed by atoms with Crippen molar-refractivity contribution >= 4 is 18.7 Å². The van der Waals surface area contributed by atoms with Gasteiger partial charge in [-0.25, -0.2) is 0 Å². The largest absolute Gasteiger partial charge is 0.405 e. The first-order valence-electron chi connectivity index (χ1n) is 9.90. The van der Waals surface area contributed by atoms with Gasteiger partial charge >= 0.3 is 0 Å². The molecule has 1 atom stereocenters. The molecule has 0 heterocycles. The zero-order valence-electron chi connectivity index (χ0n) is 17.0. The van der Waals surface area contributed by atoms with Gasteiger partial charge in [0.1, 0.15) is 0 Å². The Bertz CT molecular complexity index is 802. The van der Waals surface area contributed by atoms with Crippen LogP contribution in [-0.4, -0.2) is 26.1 Å². The number of rotatable bonds is 7. The molecular weight excluding hydrogens is 360 g/mol. The quantitative estimate of drug-likeness (QED) is 0.614. The Hall–Kier alpha value is -2.20. The second-order valence-corrected chi connectivity index (χ2v) is 12.6. The zero-order chi connectivity index (χ0) is 20.0. The third-order valence-electron chi connectivity index (χ3n) is 5.22. The molecule has 0 bridgehead atoms. The van der Waals surface area contributed by atoms with Gasteiger partial charge in [0, 0.05) is 6.42 Å². The van der Waals surface area contributed by atoms with Crippen LogP contribution in [0.25, 0.3) is 0 Å². The average molecular weight is 391 g/mol. The lowest BCUT2D eigenvalue weighted by molar-refractivity contribution is 0.102. The van der Waals surface area contributed by atoms with Gasteiger partial charge in [0.2, 0.25) is 0 Å². The van der Waals surface area contributed by atoms with Crippen molar-refractivity contribution in [1.29, 1.82) is 0 Å². The normalized spacial score (nSPS) is 13.3. The number of aliphatic hydroxyl groups excluding tert-OH is 1. The highest BCUT2D eigenvalue weighted by Crippen LogP contribution is 2.36. The topological polar surface area (TPSA) is 29.5 Å². The molecule has 0 amide bonds. The summed E-state index contributed by atoms with van der Waals surface area (Å²) in [5.41, 5.74) is 1.13. The van der Waals surface area contributed by atoms with E-state index < -0.39 is 14.4 Å². The molecule has 3 aromatic carbocycles. The van der Waals surface area contributed by atoms with Crippen LogP contribution in [0.4, 0.5) is 0 Å². The monoisotopic (exact) mass is 390 g/mol. The molecule has 3 aromatic rings. The maximum atomic E-state index is 10.7. The van der Waals surface area contributed by atoms with Crippen LogP contribution < -0.4 is 10.4 Å². The fourth-order valence-corrected chi connectivity index (χ4v) is 8.53. The smallest absolute Gasteiger partial charge is 0.261 e. The van der Waals surface area contributed by atoms with E-state index >= 15 is 0 Å². The van der Waals surface area contributed by atoms with E-state index in [2.05, 4.69) is 69.3 Å². The number of aliphatic hydroxyl groups is 1. The highest BCUT2D eigenvalue weighted by molar-refractivity contribution is 6.99. The predicted molar refractivity (Wildman–Crippen MR) is 120 cm³/mol. The third-order valence-corrected chi connectivity index (χ3v) is 10.2. The lowest BCUT2D eigenvalue weighted by Gasteiger charge is -2.43. The fourth-order valence-electron chi connectivity index (χ4n) is 3.93. The summed E-state index contributed by atoms with van der Waals surface area (Å²) in [6.45, 7) is 7.08. The molecule has 0 saturated carbocycles. The average Bonchev–Trinajstić information content (AvgIpc) is 2.70. The fraction of sp³-hybridized carbons (Fsp3) is 0.280. The van der Waals surface area contributed by atoms with Gasteiger partial charge in [0.15, 0.2) is 0 Å². The van der Waals surface area contributed by atoms with E-state index in [9.17, 15) is 5.11 Å². The number of hydrogen-bond donors (Lipinski definition) is 1. The van der Waals surface area contributed by atoms with Crippen molar-refractivity contribution in [2.45, 2.75) is 38.3 Å². The molecule has 2 nitrogen and oxygen atoms in total. The first kappa shape index (κ1) is 20.5. The summed E-state index contributed by atoms with van der Waals surface area (Å²) in [5, 5.41) is 13.1. The van der Waals surface area contributed by atoms with Gasteiger partial charge in [-0.2, -0.15) is 0 Å². The molecule has 0 aliphatic heterocycles. The van der Waals surface area contributed by atoms with E-state index in [-0.39, 0.29) is 5.04 Å². The summed E-state index contributed by atoms with van der Waals surface area (Å²) in [4.78, 5) is 0. The first-order valence-corrected chi connectivity index (χ1v) is 11.8. The molecular formula is C25H30O2Si. The van der Waals surface area contributed by atoms with Crippen molar-refractivity contribution in [3.8, 4) is 0 Å². The Morgan fingerprint density at radius 1 is 0.750 bits per heavy atom. The standard InChI is InChI=1S/C25H30O2Si/c1-25(2,3)28(23-15-9-5-10-16-23,24-17-11-6-12-18-24)27-20-22(26)19-21-13-7-4-8-14-21/h4-18,22,26H,19-20H2,1-3H3/t22-/m0/s1. The van der Waals surface area contributed by atoms with Gasteiger partial charge in [-0.3, -0.25) is 0 Å². The maximum Gasteiger partial charge on any atom is 0.261 e. The van der Waals surface area contributed by atoms with Crippen LogP contribution in [0.2, 0.25) is 5.04 Å². The minimum absolute atomic E-state index is 0.0812. The van der Waals surface area contributed by atoms with Gasteiger partial charge in [-0.15, -0.1) is 0 Å². The van der Waals surface area contributed by atoms with Crippen LogP contribution in [0.1, 0.15) is 26.3 Å². The van der Waals surface area contributed by atoms with E-state index in [1.165, 1.54) is 10.4 Å². The highest BCUT2D eigenvalue weighted by Gasteiger charge is 2.50. The molecule has 3 heteroatoms. The van der Waals surface area contributed by atoms with Crippen LogP contribution in [0.5, 0.6) is 0 Å². The summed E-state index contributed by atoms with van der Waals surface area (Å²) in [7, 11) is -2.59. The lowest BCUT2D eigenvalue weighted by atomic mass is 10.1. The Morgan fingerprint density at radius 3 is 1.61 bits per heavy atom. The SMILES string of the molecule is CC(C)(C)[Si](OC[C@@H](O)Cc1ccccc1)(c1ccccc1)c1ccccc1. The number of hydrogen-bond acceptors (Lipinski definition) is 2. The van der Waals surface area contributed by atoms with Crippen LogP contribution >= 0.6 is 0 Å².